The summed E-state index contributed by atoms with van der Waals surface area (Å²) in [4.78, 5) is 27.3. The predicted molar refractivity (Wildman–Crippen MR) is 111 cm³/mol. The van der Waals surface area contributed by atoms with Crippen molar-refractivity contribution in [2.75, 3.05) is 18.5 Å². The van der Waals surface area contributed by atoms with Gasteiger partial charge in [0, 0.05) is 16.3 Å². The molecule has 1 N–H and O–H groups in total. The number of rotatable bonds is 7. The summed E-state index contributed by atoms with van der Waals surface area (Å²) in [6.45, 7) is 4.21. The first-order valence-corrected chi connectivity index (χ1v) is 9.63. The van der Waals surface area contributed by atoms with E-state index in [0.29, 0.717) is 21.3 Å². The highest BCUT2D eigenvalue weighted by Crippen LogP contribution is 2.35. The molecule has 2 aromatic carbocycles. The molecule has 28 heavy (non-hydrogen) atoms. The highest BCUT2D eigenvalue weighted by atomic mass is 35.5. The molecule has 0 atom stereocenters. The Morgan fingerprint density at radius 1 is 1.04 bits per heavy atom. The fourth-order valence-electron chi connectivity index (χ4n) is 2.88. The lowest BCUT2D eigenvalue weighted by molar-refractivity contribution is -0.137. The monoisotopic (exact) mass is 418 g/mol. The van der Waals surface area contributed by atoms with Gasteiger partial charge in [0.1, 0.15) is 5.70 Å². The van der Waals surface area contributed by atoms with Crippen LogP contribution < -0.4 is 5.32 Å². The van der Waals surface area contributed by atoms with E-state index in [4.69, 9.17) is 27.9 Å². The zero-order valence-corrected chi connectivity index (χ0v) is 17.1. The van der Waals surface area contributed by atoms with E-state index in [1.54, 1.807) is 18.2 Å². The Morgan fingerprint density at radius 3 is 2.39 bits per heavy atom. The quantitative estimate of drug-likeness (QED) is 0.666. The minimum absolute atomic E-state index is 0.00728. The molecule has 1 heterocycles. The minimum Gasteiger partial charge on any atom is -0.377 e. The van der Waals surface area contributed by atoms with Crippen molar-refractivity contribution in [2.45, 2.75) is 20.0 Å². The first kappa shape index (κ1) is 20.4. The van der Waals surface area contributed by atoms with Crippen LogP contribution in [0.4, 0.5) is 5.69 Å². The van der Waals surface area contributed by atoms with E-state index in [1.165, 1.54) is 4.90 Å². The third kappa shape index (κ3) is 4.38. The Morgan fingerprint density at radius 2 is 1.75 bits per heavy atom. The number of carbonyl (C=O) groups excluding carboxylic acids is 2. The van der Waals surface area contributed by atoms with Gasteiger partial charge in [-0.2, -0.15) is 0 Å². The van der Waals surface area contributed by atoms with Crippen LogP contribution in [0, 0.1) is 0 Å². The second-order valence-electron chi connectivity index (χ2n) is 6.55. The lowest BCUT2D eigenvalue weighted by atomic mass is 10.0. The molecule has 0 aromatic heterocycles. The number of nitrogens with zero attached hydrogens (tertiary/aromatic N) is 1. The average molecular weight is 419 g/mol. The van der Waals surface area contributed by atoms with Crippen LogP contribution in [0.3, 0.4) is 0 Å². The van der Waals surface area contributed by atoms with Crippen molar-refractivity contribution in [3.63, 3.8) is 0 Å². The molecule has 2 amide bonds. The maximum atomic E-state index is 13.1. The van der Waals surface area contributed by atoms with Gasteiger partial charge in [0.25, 0.3) is 11.8 Å². The third-order valence-electron chi connectivity index (χ3n) is 4.18. The molecule has 0 aliphatic carbocycles. The molecule has 0 fully saturated rings. The fraction of sp³-hybridized carbons (Fsp3) is 0.238. The molecular formula is C21H20Cl2N2O3. The van der Waals surface area contributed by atoms with Gasteiger partial charge in [-0.15, -0.1) is 0 Å². The molecule has 5 nitrogen and oxygen atoms in total. The summed E-state index contributed by atoms with van der Waals surface area (Å²) in [7, 11) is 0. The predicted octanol–water partition coefficient (Wildman–Crippen LogP) is 4.61. The topological polar surface area (TPSA) is 58.6 Å². The van der Waals surface area contributed by atoms with Crippen LogP contribution in [-0.4, -0.2) is 36.0 Å². The summed E-state index contributed by atoms with van der Waals surface area (Å²) in [5.74, 6) is -0.831. The molecule has 0 saturated carbocycles. The van der Waals surface area contributed by atoms with E-state index in [-0.39, 0.29) is 30.5 Å². The molecule has 0 radical (unpaired) electrons. The van der Waals surface area contributed by atoms with Gasteiger partial charge < -0.3 is 10.1 Å². The van der Waals surface area contributed by atoms with Gasteiger partial charge >= 0.3 is 0 Å². The Hall–Kier alpha value is -2.34. The number of anilines is 1. The van der Waals surface area contributed by atoms with Crippen molar-refractivity contribution in [1.29, 1.82) is 0 Å². The van der Waals surface area contributed by atoms with E-state index in [9.17, 15) is 9.59 Å². The van der Waals surface area contributed by atoms with Crippen LogP contribution in [0.2, 0.25) is 10.0 Å². The van der Waals surface area contributed by atoms with Gasteiger partial charge in [-0.05, 0) is 38.1 Å². The van der Waals surface area contributed by atoms with E-state index < -0.39 is 11.8 Å². The van der Waals surface area contributed by atoms with Crippen molar-refractivity contribution in [3.05, 3.63) is 69.8 Å². The number of hydrogen-bond donors (Lipinski definition) is 1. The Bertz CT molecular complexity index is 927. The molecule has 1 aliphatic heterocycles. The van der Waals surface area contributed by atoms with Gasteiger partial charge in [0.05, 0.1) is 29.9 Å². The van der Waals surface area contributed by atoms with Crippen molar-refractivity contribution >= 4 is 46.3 Å². The van der Waals surface area contributed by atoms with Gasteiger partial charge in [-0.3, -0.25) is 14.5 Å². The van der Waals surface area contributed by atoms with Crippen molar-refractivity contribution in [1.82, 2.24) is 4.90 Å². The molecule has 7 heteroatoms. The number of amides is 2. The standard InChI is InChI=1S/C21H20Cl2N2O3/c1-13(2)28-11-10-25-20(26)18(16-9-8-14(22)12-17(16)23)19(21(25)27)24-15-6-4-3-5-7-15/h3-9,12-13,24H,10-11H2,1-2H3. The van der Waals surface area contributed by atoms with Crippen LogP contribution in [0.5, 0.6) is 0 Å². The SMILES string of the molecule is CC(C)OCCN1C(=O)C(Nc2ccccc2)=C(c2ccc(Cl)cc2Cl)C1=O. The first-order chi connectivity index (χ1) is 13.4. The largest absolute Gasteiger partial charge is 0.377 e. The molecule has 0 spiro atoms. The van der Waals surface area contributed by atoms with Crippen LogP contribution in [0.1, 0.15) is 19.4 Å². The first-order valence-electron chi connectivity index (χ1n) is 8.88. The lowest BCUT2D eigenvalue weighted by Gasteiger charge is -2.16. The molecule has 0 bridgehead atoms. The normalized spacial score (nSPS) is 14.4. The van der Waals surface area contributed by atoms with Gasteiger partial charge in [-0.1, -0.05) is 47.5 Å². The number of nitrogens with one attached hydrogen (secondary N) is 1. The van der Waals surface area contributed by atoms with Crippen LogP contribution in [0.15, 0.2) is 54.2 Å². The van der Waals surface area contributed by atoms with E-state index in [0.717, 1.165) is 0 Å². The maximum absolute atomic E-state index is 13.1. The van der Waals surface area contributed by atoms with Crippen molar-refractivity contribution in [3.8, 4) is 0 Å². The summed E-state index contributed by atoms with van der Waals surface area (Å²) in [5, 5.41) is 3.83. The van der Waals surface area contributed by atoms with Crippen molar-refractivity contribution < 1.29 is 14.3 Å². The fourth-order valence-corrected chi connectivity index (χ4v) is 3.39. The van der Waals surface area contributed by atoms with Crippen LogP contribution >= 0.6 is 23.2 Å². The summed E-state index contributed by atoms with van der Waals surface area (Å²) >= 11 is 12.3. The number of imide groups is 1. The number of para-hydroxylation sites is 1. The zero-order valence-electron chi connectivity index (χ0n) is 15.5. The minimum atomic E-state index is -0.417. The smallest absolute Gasteiger partial charge is 0.278 e. The van der Waals surface area contributed by atoms with Crippen LogP contribution in [0.25, 0.3) is 5.57 Å². The highest BCUT2D eigenvalue weighted by Gasteiger charge is 2.39. The maximum Gasteiger partial charge on any atom is 0.278 e. The number of hydrogen-bond acceptors (Lipinski definition) is 4. The third-order valence-corrected chi connectivity index (χ3v) is 4.73. The lowest BCUT2D eigenvalue weighted by Crippen LogP contribution is -2.35. The van der Waals surface area contributed by atoms with E-state index >= 15 is 0 Å². The summed E-state index contributed by atoms with van der Waals surface area (Å²) in [6, 6.07) is 14.0. The molecular weight excluding hydrogens is 399 g/mol. The van der Waals surface area contributed by atoms with E-state index in [2.05, 4.69) is 5.32 Å². The zero-order chi connectivity index (χ0) is 20.3. The second kappa shape index (κ2) is 8.78. The molecule has 2 aromatic rings. The summed E-state index contributed by atoms with van der Waals surface area (Å²) < 4.78 is 5.51. The molecule has 0 saturated heterocycles. The molecule has 1 aliphatic rings. The van der Waals surface area contributed by atoms with Gasteiger partial charge in [0.15, 0.2) is 0 Å². The second-order valence-corrected chi connectivity index (χ2v) is 7.39. The Labute approximate surface area is 173 Å². The summed E-state index contributed by atoms with van der Waals surface area (Å²) in [6.07, 6.45) is 0.00728. The molecule has 0 unspecified atom stereocenters. The van der Waals surface area contributed by atoms with Crippen molar-refractivity contribution in [2.24, 2.45) is 0 Å². The van der Waals surface area contributed by atoms with E-state index in [1.807, 2.05) is 44.2 Å². The molecule has 3 rings (SSSR count). The number of ether oxygens (including phenoxy) is 1. The average Bonchev–Trinajstić information content (AvgIpc) is 2.87. The van der Waals surface area contributed by atoms with Gasteiger partial charge in [-0.25, -0.2) is 0 Å². The Kier molecular flexibility index (Phi) is 6.39. The number of carbonyl (C=O) groups is 2. The van der Waals surface area contributed by atoms with Crippen LogP contribution in [-0.2, 0) is 14.3 Å². The summed E-state index contributed by atoms with van der Waals surface area (Å²) in [5.41, 5.74) is 1.56. The Balaban J connectivity index is 1.99. The number of benzene rings is 2. The number of halogens is 2. The highest BCUT2D eigenvalue weighted by molar-refractivity contribution is 6.41. The van der Waals surface area contributed by atoms with Gasteiger partial charge in [0.2, 0.25) is 0 Å². The molecule has 146 valence electrons.